The molecule has 2 aliphatic rings. The number of anilines is 1. The molecule has 4 rings (SSSR count). The van der Waals surface area contributed by atoms with Gasteiger partial charge in [0, 0.05) is 5.02 Å². The Morgan fingerprint density at radius 1 is 1.14 bits per heavy atom. The first kappa shape index (κ1) is 13.3. The lowest BCUT2D eigenvalue weighted by Gasteiger charge is -2.09. The molecule has 2 aliphatic heterocycles. The number of carbonyl (C=O) groups excluding carboxylic acids is 1. The van der Waals surface area contributed by atoms with E-state index in [1.165, 1.54) is 0 Å². The van der Waals surface area contributed by atoms with Crippen molar-refractivity contribution in [1.29, 1.82) is 0 Å². The number of amides is 1. The van der Waals surface area contributed by atoms with E-state index >= 15 is 0 Å². The second-order valence-corrected chi connectivity index (χ2v) is 5.79. The minimum atomic E-state index is -0.0297. The number of ether oxygens (including phenoxy) is 1. The van der Waals surface area contributed by atoms with Gasteiger partial charge in [0.2, 0.25) is 12.3 Å². The number of fused-ring (bicyclic) bond motifs is 4. The predicted molar refractivity (Wildman–Crippen MR) is 85.2 cm³/mol. The van der Waals surface area contributed by atoms with Gasteiger partial charge in [-0.25, -0.2) is 4.58 Å². The van der Waals surface area contributed by atoms with Crippen LogP contribution in [0.25, 0.3) is 0 Å². The van der Waals surface area contributed by atoms with Crippen molar-refractivity contribution in [3.05, 3.63) is 58.6 Å². The van der Waals surface area contributed by atoms with Crippen LogP contribution in [-0.2, 0) is 4.79 Å². The summed E-state index contributed by atoms with van der Waals surface area (Å²) in [5.41, 5.74) is 3.68. The zero-order valence-corrected chi connectivity index (χ0v) is 12.6. The molecule has 0 aliphatic carbocycles. The van der Waals surface area contributed by atoms with Gasteiger partial charge in [-0.1, -0.05) is 23.7 Å². The van der Waals surface area contributed by atoms with E-state index in [4.69, 9.17) is 16.3 Å². The van der Waals surface area contributed by atoms with Crippen LogP contribution in [0, 0.1) is 0 Å². The molecule has 0 atom stereocenters. The zero-order valence-electron chi connectivity index (χ0n) is 11.8. The Hall–Kier alpha value is -2.33. The number of hydrogen-bond acceptors (Lipinski definition) is 2. The molecule has 4 nitrogen and oxygen atoms in total. The highest BCUT2D eigenvalue weighted by Crippen LogP contribution is 2.30. The maximum absolute atomic E-state index is 12.2. The van der Waals surface area contributed by atoms with E-state index in [1.807, 2.05) is 36.4 Å². The van der Waals surface area contributed by atoms with Crippen LogP contribution >= 0.6 is 11.6 Å². The van der Waals surface area contributed by atoms with Gasteiger partial charge >= 0.3 is 0 Å². The first-order chi connectivity index (χ1) is 10.7. The Morgan fingerprint density at radius 2 is 2.00 bits per heavy atom. The maximum Gasteiger partial charge on any atom is 0.289 e. The Kier molecular flexibility index (Phi) is 3.12. The number of carbonyl (C=O) groups is 1. The fourth-order valence-corrected chi connectivity index (χ4v) is 3.17. The zero-order chi connectivity index (χ0) is 15.1. The van der Waals surface area contributed by atoms with E-state index in [0.29, 0.717) is 24.7 Å². The second-order valence-electron chi connectivity index (χ2n) is 5.35. The Labute approximate surface area is 133 Å². The lowest BCUT2D eigenvalue weighted by Crippen LogP contribution is -2.29. The molecule has 0 aromatic heterocycles. The molecule has 22 heavy (non-hydrogen) atoms. The molecule has 0 saturated heterocycles. The first-order valence-corrected chi connectivity index (χ1v) is 7.54. The number of hydrogen-bond donors (Lipinski definition) is 1. The van der Waals surface area contributed by atoms with Crippen molar-refractivity contribution in [2.24, 2.45) is 0 Å². The minimum Gasteiger partial charge on any atom is -0.486 e. The lowest BCUT2D eigenvalue weighted by atomic mass is 9.99. The van der Waals surface area contributed by atoms with Gasteiger partial charge in [0.1, 0.15) is 12.4 Å². The van der Waals surface area contributed by atoms with E-state index < -0.39 is 0 Å². The monoisotopic (exact) mass is 313 g/mol. The van der Waals surface area contributed by atoms with E-state index in [9.17, 15) is 4.79 Å². The van der Waals surface area contributed by atoms with Crippen LogP contribution < -0.4 is 10.1 Å². The van der Waals surface area contributed by atoms with E-state index in [0.717, 1.165) is 28.3 Å². The number of nitrogens with zero attached hydrogens (tertiary/aromatic N) is 1. The van der Waals surface area contributed by atoms with Crippen LogP contribution in [0.5, 0.6) is 5.75 Å². The third kappa shape index (κ3) is 2.16. The van der Waals surface area contributed by atoms with Crippen molar-refractivity contribution in [3.63, 3.8) is 0 Å². The highest BCUT2D eigenvalue weighted by atomic mass is 35.5. The van der Waals surface area contributed by atoms with Gasteiger partial charge in [-0.05, 0) is 30.3 Å². The summed E-state index contributed by atoms with van der Waals surface area (Å²) in [5.74, 6) is 0.804. The SMILES string of the molecule is O=C1C[N+]2=C(c3cc(Cl)ccc3N1)c1ccccc1OCC2. The Balaban J connectivity index is 2.04. The average Bonchev–Trinajstić information content (AvgIpc) is 2.75. The van der Waals surface area contributed by atoms with Crippen LogP contribution in [0.15, 0.2) is 42.5 Å². The van der Waals surface area contributed by atoms with Crippen molar-refractivity contribution in [3.8, 4) is 5.75 Å². The first-order valence-electron chi connectivity index (χ1n) is 7.16. The highest BCUT2D eigenvalue weighted by molar-refractivity contribution is 6.31. The van der Waals surface area contributed by atoms with Crippen molar-refractivity contribution in [2.45, 2.75) is 0 Å². The standard InChI is InChI=1S/C17H13ClN2O2/c18-11-5-6-14-13(9-11)17-12-3-1-2-4-15(12)22-8-7-20(17)10-16(21)19-14/h1-6,9H,7-8,10H2/p+1. The lowest BCUT2D eigenvalue weighted by molar-refractivity contribution is -0.515. The molecule has 1 N–H and O–H groups in total. The summed E-state index contributed by atoms with van der Waals surface area (Å²) >= 11 is 6.19. The molecule has 0 bridgehead atoms. The average molecular weight is 314 g/mol. The fraction of sp³-hybridized carbons (Fsp3) is 0.176. The summed E-state index contributed by atoms with van der Waals surface area (Å²) in [7, 11) is 0. The summed E-state index contributed by atoms with van der Waals surface area (Å²) in [5, 5.41) is 3.60. The molecule has 2 aromatic carbocycles. The van der Waals surface area contributed by atoms with Gasteiger partial charge < -0.3 is 10.1 Å². The Bertz CT molecular complexity index is 814. The summed E-state index contributed by atoms with van der Waals surface area (Å²) in [6.45, 7) is 1.51. The van der Waals surface area contributed by atoms with Crippen molar-refractivity contribution < 1.29 is 14.1 Å². The van der Waals surface area contributed by atoms with Gasteiger partial charge in [0.15, 0.2) is 6.54 Å². The van der Waals surface area contributed by atoms with E-state index in [1.54, 1.807) is 6.07 Å². The summed E-state index contributed by atoms with van der Waals surface area (Å²) in [4.78, 5) is 12.2. The molecular formula is C17H14ClN2O2+. The number of rotatable bonds is 0. The molecule has 0 unspecified atom stereocenters. The van der Waals surface area contributed by atoms with Gasteiger partial charge in [0.05, 0.1) is 16.8 Å². The number of halogens is 1. The molecule has 0 radical (unpaired) electrons. The summed E-state index contributed by atoms with van der Waals surface area (Å²) in [6.07, 6.45) is 0. The van der Waals surface area contributed by atoms with Crippen molar-refractivity contribution >= 4 is 28.9 Å². The second kappa shape index (κ2) is 5.14. The molecule has 2 aromatic rings. The highest BCUT2D eigenvalue weighted by Gasteiger charge is 2.32. The molecule has 5 heteroatoms. The van der Waals surface area contributed by atoms with E-state index in [-0.39, 0.29) is 5.91 Å². The smallest absolute Gasteiger partial charge is 0.289 e. The van der Waals surface area contributed by atoms with Gasteiger partial charge in [-0.2, -0.15) is 0 Å². The fourth-order valence-electron chi connectivity index (χ4n) is 2.99. The van der Waals surface area contributed by atoms with Crippen LogP contribution in [-0.4, -0.2) is 35.9 Å². The van der Waals surface area contributed by atoms with Gasteiger partial charge in [-0.3, -0.25) is 4.79 Å². The molecule has 2 heterocycles. The van der Waals surface area contributed by atoms with Gasteiger partial charge in [-0.15, -0.1) is 0 Å². The largest absolute Gasteiger partial charge is 0.486 e. The summed E-state index contributed by atoms with van der Waals surface area (Å²) < 4.78 is 7.89. The summed E-state index contributed by atoms with van der Waals surface area (Å²) in [6, 6.07) is 13.4. The number of benzene rings is 2. The third-order valence-electron chi connectivity index (χ3n) is 3.92. The molecular weight excluding hydrogens is 300 g/mol. The third-order valence-corrected chi connectivity index (χ3v) is 4.16. The molecule has 110 valence electrons. The van der Waals surface area contributed by atoms with Crippen LogP contribution in [0.2, 0.25) is 5.02 Å². The molecule has 0 fully saturated rings. The normalized spacial score (nSPS) is 16.5. The minimum absolute atomic E-state index is 0.0297. The van der Waals surface area contributed by atoms with Crippen molar-refractivity contribution in [2.75, 3.05) is 25.0 Å². The van der Waals surface area contributed by atoms with Crippen LogP contribution in [0.4, 0.5) is 5.69 Å². The number of nitrogens with one attached hydrogen (secondary N) is 1. The molecule has 0 saturated carbocycles. The van der Waals surface area contributed by atoms with Gasteiger partial charge in [0.25, 0.3) is 5.91 Å². The van der Waals surface area contributed by atoms with Crippen LogP contribution in [0.1, 0.15) is 11.1 Å². The predicted octanol–water partition coefficient (Wildman–Crippen LogP) is 2.53. The van der Waals surface area contributed by atoms with Crippen molar-refractivity contribution in [1.82, 2.24) is 0 Å². The Morgan fingerprint density at radius 3 is 2.91 bits per heavy atom. The van der Waals surface area contributed by atoms with E-state index in [2.05, 4.69) is 9.89 Å². The van der Waals surface area contributed by atoms with Crippen LogP contribution in [0.3, 0.4) is 0 Å². The topological polar surface area (TPSA) is 41.3 Å². The molecule has 1 amide bonds. The molecule has 0 spiro atoms. The quantitative estimate of drug-likeness (QED) is 0.759. The number of para-hydroxylation sites is 1. The maximum atomic E-state index is 12.2.